The Labute approximate surface area is 263 Å². The van der Waals surface area contributed by atoms with E-state index in [4.69, 9.17) is 24.7 Å². The van der Waals surface area contributed by atoms with Gasteiger partial charge in [0.15, 0.2) is 18.0 Å². The molecular formula is C33H44N2O10. The second-order valence-corrected chi connectivity index (χ2v) is 12.2. The lowest BCUT2D eigenvalue weighted by atomic mass is 9.93. The number of primary amides is 1. The van der Waals surface area contributed by atoms with Crippen LogP contribution in [0.3, 0.4) is 0 Å². The molecule has 4 N–H and O–H groups in total. The van der Waals surface area contributed by atoms with Crippen LogP contribution < -0.4 is 5.73 Å². The number of carbonyl (C=O) groups is 4. The quantitative estimate of drug-likeness (QED) is 0.263. The van der Waals surface area contributed by atoms with Gasteiger partial charge in [0.05, 0.1) is 0 Å². The van der Waals surface area contributed by atoms with Gasteiger partial charge in [-0.05, 0) is 36.8 Å². The molecule has 2 aromatic carbocycles. The number of aliphatic hydroxyl groups is 2. The third-order valence-corrected chi connectivity index (χ3v) is 7.38. The van der Waals surface area contributed by atoms with Crippen molar-refractivity contribution in [3.63, 3.8) is 0 Å². The van der Waals surface area contributed by atoms with E-state index in [-0.39, 0.29) is 13.2 Å². The number of nitrogens with two attached hydrogens (primary N) is 1. The second-order valence-electron chi connectivity index (χ2n) is 12.2. The van der Waals surface area contributed by atoms with Crippen molar-refractivity contribution in [1.29, 1.82) is 0 Å². The highest BCUT2D eigenvalue weighted by Crippen LogP contribution is 2.34. The summed E-state index contributed by atoms with van der Waals surface area (Å²) in [6, 6.07) is 15.1. The number of hydrogen-bond acceptors (Lipinski definition) is 10. The molecule has 246 valence electrons. The molecule has 1 aliphatic heterocycles. The van der Waals surface area contributed by atoms with Crippen LogP contribution in [0.1, 0.15) is 52.7 Å². The summed E-state index contributed by atoms with van der Waals surface area (Å²) in [4.78, 5) is 54.7. The first-order chi connectivity index (χ1) is 21.1. The topological polar surface area (TPSA) is 175 Å². The van der Waals surface area contributed by atoms with Gasteiger partial charge in [-0.3, -0.25) is 9.59 Å². The normalized spacial score (nSPS) is 20.2. The predicted octanol–water partition coefficient (Wildman–Crippen LogP) is 2.08. The molecule has 2 aromatic rings. The highest BCUT2D eigenvalue weighted by molar-refractivity contribution is 5.92. The van der Waals surface area contributed by atoms with Gasteiger partial charge in [0.1, 0.15) is 37.5 Å². The fourth-order valence-electron chi connectivity index (χ4n) is 5.25. The van der Waals surface area contributed by atoms with Crippen LogP contribution in [-0.2, 0) is 51.3 Å². The summed E-state index contributed by atoms with van der Waals surface area (Å²) < 4.78 is 22.6. The van der Waals surface area contributed by atoms with Crippen molar-refractivity contribution in [2.24, 2.45) is 17.6 Å². The number of aliphatic hydroxyl groups excluding tert-OH is 2. The Hall–Kier alpha value is -3.84. The molecule has 12 heteroatoms. The van der Waals surface area contributed by atoms with E-state index in [1.54, 1.807) is 76.2 Å². The predicted molar refractivity (Wildman–Crippen MR) is 162 cm³/mol. The first kappa shape index (κ1) is 35.6. The molecule has 1 aliphatic rings. The average molecular weight is 629 g/mol. The van der Waals surface area contributed by atoms with Crippen molar-refractivity contribution in [2.75, 3.05) is 0 Å². The fraction of sp³-hybridized carbons (Fsp3) is 0.515. The molecule has 6 atom stereocenters. The number of nitrogens with zero attached hydrogens (tertiary/aromatic N) is 1. The zero-order valence-corrected chi connectivity index (χ0v) is 26.5. The molecule has 0 spiro atoms. The van der Waals surface area contributed by atoms with Crippen LogP contribution in [0.5, 0.6) is 0 Å². The SMILES string of the molecule is CC(C)C(C(=O)OCc1ccccc1)N(C(=O)C(O)C1OC(C)(C)OC1C(O)C(N)=O)C(C(=O)OCc1ccccc1)C(C)C. The van der Waals surface area contributed by atoms with Gasteiger partial charge in [0.25, 0.3) is 5.91 Å². The van der Waals surface area contributed by atoms with Crippen molar-refractivity contribution in [3.05, 3.63) is 71.8 Å². The molecule has 1 fully saturated rings. The van der Waals surface area contributed by atoms with Crippen molar-refractivity contribution >= 4 is 23.8 Å². The maximum absolute atomic E-state index is 14.4. The average Bonchev–Trinajstić information content (AvgIpc) is 3.33. The summed E-state index contributed by atoms with van der Waals surface area (Å²) in [7, 11) is 0. The Bertz CT molecular complexity index is 1230. The van der Waals surface area contributed by atoms with Gasteiger partial charge in [-0.25, -0.2) is 9.59 Å². The van der Waals surface area contributed by atoms with Crippen LogP contribution in [0.25, 0.3) is 0 Å². The van der Waals surface area contributed by atoms with Crippen LogP contribution in [0.2, 0.25) is 0 Å². The minimum absolute atomic E-state index is 0.0983. The molecule has 0 radical (unpaired) electrons. The number of esters is 2. The Morgan fingerprint density at radius 2 is 1.13 bits per heavy atom. The minimum Gasteiger partial charge on any atom is -0.459 e. The monoisotopic (exact) mass is 628 g/mol. The first-order valence-corrected chi connectivity index (χ1v) is 14.9. The summed E-state index contributed by atoms with van der Waals surface area (Å²) in [5, 5.41) is 22.0. The van der Waals surface area contributed by atoms with Crippen molar-refractivity contribution in [3.8, 4) is 0 Å². The third kappa shape index (κ3) is 9.10. The van der Waals surface area contributed by atoms with Gasteiger partial charge in [0, 0.05) is 0 Å². The Morgan fingerprint density at radius 1 is 0.756 bits per heavy atom. The molecule has 6 unspecified atom stereocenters. The number of ether oxygens (including phenoxy) is 4. The molecule has 12 nitrogen and oxygen atoms in total. The Kier molecular flexibility index (Phi) is 12.2. The number of carbonyl (C=O) groups excluding carboxylic acids is 4. The van der Waals surface area contributed by atoms with Crippen molar-refractivity contribution in [1.82, 2.24) is 4.90 Å². The van der Waals surface area contributed by atoms with Crippen LogP contribution in [0, 0.1) is 11.8 Å². The highest BCUT2D eigenvalue weighted by Gasteiger charge is 2.54. The molecular weight excluding hydrogens is 584 g/mol. The van der Waals surface area contributed by atoms with E-state index in [1.807, 2.05) is 12.1 Å². The first-order valence-electron chi connectivity index (χ1n) is 14.9. The number of amides is 2. The van der Waals surface area contributed by atoms with Gasteiger partial charge >= 0.3 is 11.9 Å². The molecule has 1 heterocycles. The maximum atomic E-state index is 14.4. The van der Waals surface area contributed by atoms with Gasteiger partial charge in [-0.15, -0.1) is 0 Å². The zero-order valence-electron chi connectivity index (χ0n) is 26.5. The smallest absolute Gasteiger partial charge is 0.329 e. The van der Waals surface area contributed by atoms with Gasteiger partial charge in [-0.2, -0.15) is 0 Å². The summed E-state index contributed by atoms with van der Waals surface area (Å²) in [5.74, 6) is -6.49. The molecule has 1 saturated heterocycles. The van der Waals surface area contributed by atoms with Crippen LogP contribution in [0.15, 0.2) is 60.7 Å². The lowest BCUT2D eigenvalue weighted by Crippen LogP contribution is -2.63. The van der Waals surface area contributed by atoms with Crippen LogP contribution >= 0.6 is 0 Å². The Balaban J connectivity index is 2.03. The van der Waals surface area contributed by atoms with E-state index in [2.05, 4.69) is 0 Å². The molecule has 45 heavy (non-hydrogen) atoms. The number of hydrogen-bond donors (Lipinski definition) is 3. The zero-order chi connectivity index (χ0) is 33.5. The standard InChI is InChI=1S/C33H44N2O10/c1-19(2)23(31(40)42-17-21-13-9-7-10-14-21)35(24(20(3)4)32(41)43-18-22-15-11-8-12-16-22)30(39)26(37)28-27(25(36)29(34)38)44-33(5,6)45-28/h7-16,19-20,23-28,36-37H,17-18H2,1-6H3,(H2,34,38). The van der Waals surface area contributed by atoms with E-state index in [9.17, 15) is 29.4 Å². The largest absolute Gasteiger partial charge is 0.459 e. The Morgan fingerprint density at radius 3 is 1.49 bits per heavy atom. The van der Waals surface area contributed by atoms with E-state index < -0.39 is 77.9 Å². The lowest BCUT2D eigenvalue weighted by Gasteiger charge is -2.41. The molecule has 0 aliphatic carbocycles. The molecule has 0 aromatic heterocycles. The molecule has 0 saturated carbocycles. The second kappa shape index (κ2) is 15.4. The van der Waals surface area contributed by atoms with Gasteiger partial charge in [0.2, 0.25) is 5.91 Å². The molecule has 0 bridgehead atoms. The third-order valence-electron chi connectivity index (χ3n) is 7.38. The van der Waals surface area contributed by atoms with E-state index in [0.717, 1.165) is 4.90 Å². The summed E-state index contributed by atoms with van der Waals surface area (Å²) in [6.07, 6.45) is -7.14. The van der Waals surface area contributed by atoms with Crippen LogP contribution in [-0.4, -0.2) is 81.2 Å². The number of rotatable bonds is 14. The lowest BCUT2D eigenvalue weighted by molar-refractivity contribution is -0.180. The van der Waals surface area contributed by atoms with Gasteiger partial charge < -0.3 is 39.8 Å². The maximum Gasteiger partial charge on any atom is 0.329 e. The van der Waals surface area contributed by atoms with Gasteiger partial charge in [-0.1, -0.05) is 88.4 Å². The molecule has 3 rings (SSSR count). The van der Waals surface area contributed by atoms with E-state index in [1.165, 1.54) is 13.8 Å². The van der Waals surface area contributed by atoms with Crippen molar-refractivity contribution < 1.29 is 48.3 Å². The number of benzene rings is 2. The fourth-order valence-corrected chi connectivity index (χ4v) is 5.25. The minimum atomic E-state index is -2.10. The molecule has 2 amide bonds. The van der Waals surface area contributed by atoms with Crippen molar-refractivity contribution in [2.45, 2.75) is 97.0 Å². The van der Waals surface area contributed by atoms with E-state index >= 15 is 0 Å². The van der Waals surface area contributed by atoms with Crippen LogP contribution in [0.4, 0.5) is 0 Å². The summed E-state index contributed by atoms with van der Waals surface area (Å²) >= 11 is 0. The summed E-state index contributed by atoms with van der Waals surface area (Å²) in [6.45, 7) is 9.43. The van der Waals surface area contributed by atoms with E-state index in [0.29, 0.717) is 11.1 Å². The highest BCUT2D eigenvalue weighted by atomic mass is 16.8. The summed E-state index contributed by atoms with van der Waals surface area (Å²) in [5.41, 5.74) is 6.71.